The number of hydrogen-bond acceptors (Lipinski definition) is 6. The molecule has 0 radical (unpaired) electrons. The predicted octanol–water partition coefficient (Wildman–Crippen LogP) is 2.94. The summed E-state index contributed by atoms with van der Waals surface area (Å²) in [5.74, 6) is 1.32. The number of ether oxygens (including phenoxy) is 2. The first-order chi connectivity index (χ1) is 14.0. The van der Waals surface area contributed by atoms with Crippen LogP contribution >= 0.6 is 0 Å². The first kappa shape index (κ1) is 19.1. The van der Waals surface area contributed by atoms with Gasteiger partial charge >= 0.3 is 0 Å². The maximum Gasteiger partial charge on any atom is 0.242 e. The molecule has 0 fully saturated rings. The van der Waals surface area contributed by atoms with Crippen LogP contribution in [0.15, 0.2) is 42.6 Å². The molecule has 0 unspecified atom stereocenters. The van der Waals surface area contributed by atoms with Gasteiger partial charge in [0.2, 0.25) is 5.91 Å². The number of carbonyl (C=O) groups is 1. The van der Waals surface area contributed by atoms with Gasteiger partial charge in [0.15, 0.2) is 11.5 Å². The minimum Gasteiger partial charge on any atom is -0.733 e. The molecule has 29 heavy (non-hydrogen) atoms. The topological polar surface area (TPSA) is 90.2 Å². The maximum atomic E-state index is 12.9. The van der Waals surface area contributed by atoms with Gasteiger partial charge < -0.3 is 29.4 Å². The highest BCUT2D eigenvalue weighted by atomic mass is 16.8. The predicted molar refractivity (Wildman–Crippen MR) is 108 cm³/mol. The standard InChI is InChI=1S/C21H22N3O5/c1-28-19-10-14-6-8-23(12-15(14)11-20(19)29-2)21(25)13-22-9-7-16-17(22)4-3-5-18(16)24(26)27/h3-5,7,9-11,26H,6,8,12-13H2,1-2H3/q-1. The molecule has 0 spiro atoms. The monoisotopic (exact) mass is 396 g/mol. The van der Waals surface area contributed by atoms with Gasteiger partial charge in [-0.15, -0.1) is 0 Å². The van der Waals surface area contributed by atoms with Crippen molar-refractivity contribution in [3.63, 3.8) is 0 Å². The number of fused-ring (bicyclic) bond motifs is 2. The maximum absolute atomic E-state index is 12.9. The average Bonchev–Trinajstić information content (AvgIpc) is 3.14. The molecule has 0 bridgehead atoms. The fraction of sp³-hybridized carbons (Fsp3) is 0.286. The summed E-state index contributed by atoms with van der Waals surface area (Å²) in [6.45, 7) is 1.28. The summed E-state index contributed by atoms with van der Waals surface area (Å²) in [6.07, 6.45) is 2.50. The largest absolute Gasteiger partial charge is 0.733 e. The van der Waals surface area contributed by atoms with Crippen LogP contribution in [0.3, 0.4) is 0 Å². The van der Waals surface area contributed by atoms with Crippen LogP contribution in [0.1, 0.15) is 11.1 Å². The lowest BCUT2D eigenvalue weighted by atomic mass is 9.98. The molecular formula is C21H22N3O5-. The number of aromatic nitrogens is 1. The van der Waals surface area contributed by atoms with Gasteiger partial charge in [-0.2, -0.15) is 0 Å². The molecule has 8 nitrogen and oxygen atoms in total. The number of amides is 1. The molecule has 1 N–H and O–H groups in total. The third-order valence-corrected chi connectivity index (χ3v) is 5.37. The molecule has 4 rings (SSSR count). The molecule has 2 heterocycles. The molecule has 0 aliphatic carbocycles. The quantitative estimate of drug-likeness (QED) is 0.667. The fourth-order valence-corrected chi connectivity index (χ4v) is 3.85. The highest BCUT2D eigenvalue weighted by molar-refractivity contribution is 5.93. The van der Waals surface area contributed by atoms with E-state index in [9.17, 15) is 15.2 Å². The Morgan fingerprint density at radius 2 is 1.90 bits per heavy atom. The van der Waals surface area contributed by atoms with Gasteiger partial charge in [-0.1, -0.05) is 6.07 Å². The van der Waals surface area contributed by atoms with E-state index in [4.69, 9.17) is 9.47 Å². The summed E-state index contributed by atoms with van der Waals surface area (Å²) in [7, 11) is 3.20. The Morgan fingerprint density at radius 1 is 1.17 bits per heavy atom. The number of nitrogens with zero attached hydrogens (tertiary/aromatic N) is 3. The Labute approximate surface area is 168 Å². The van der Waals surface area contributed by atoms with Crippen LogP contribution in [0.25, 0.3) is 10.9 Å². The minimum atomic E-state index is -0.155. The lowest BCUT2D eigenvalue weighted by Crippen LogP contribution is -2.37. The van der Waals surface area contributed by atoms with Crippen molar-refractivity contribution in [1.29, 1.82) is 0 Å². The number of hydrogen-bond donors (Lipinski definition) is 1. The van der Waals surface area contributed by atoms with Crippen molar-refractivity contribution in [2.24, 2.45) is 0 Å². The van der Waals surface area contributed by atoms with E-state index in [2.05, 4.69) is 0 Å². The summed E-state index contributed by atoms with van der Waals surface area (Å²) < 4.78 is 12.5. The van der Waals surface area contributed by atoms with Gasteiger partial charge in [0, 0.05) is 24.7 Å². The van der Waals surface area contributed by atoms with Crippen molar-refractivity contribution in [3.8, 4) is 11.5 Å². The summed E-state index contributed by atoms with van der Waals surface area (Å²) >= 11 is 0. The summed E-state index contributed by atoms with van der Waals surface area (Å²) in [4.78, 5) is 14.8. The molecule has 1 aliphatic heterocycles. The van der Waals surface area contributed by atoms with Crippen molar-refractivity contribution in [1.82, 2.24) is 9.47 Å². The van der Waals surface area contributed by atoms with E-state index in [1.807, 2.05) is 23.1 Å². The number of methoxy groups -OCH3 is 2. The van der Waals surface area contributed by atoms with Crippen molar-refractivity contribution in [3.05, 3.63) is 58.9 Å². The van der Waals surface area contributed by atoms with E-state index in [0.29, 0.717) is 30.0 Å². The highest BCUT2D eigenvalue weighted by Crippen LogP contribution is 2.33. The minimum absolute atomic E-state index is 0.0173. The zero-order valence-electron chi connectivity index (χ0n) is 16.3. The number of carbonyl (C=O) groups excluding carboxylic acids is 1. The van der Waals surface area contributed by atoms with Crippen LogP contribution in [0.2, 0.25) is 0 Å². The first-order valence-corrected chi connectivity index (χ1v) is 9.27. The molecule has 1 amide bonds. The Bertz CT molecular complexity index is 1060. The van der Waals surface area contributed by atoms with Gasteiger partial charge in [0.1, 0.15) is 6.54 Å². The molecule has 0 saturated carbocycles. The third-order valence-electron chi connectivity index (χ3n) is 5.37. The SMILES string of the molecule is COc1cc2c(cc1OC)CN(C(=O)Cn1ccc3c(N([O-])O)cccc31)CC2. The molecular weight excluding hydrogens is 374 g/mol. The van der Waals surface area contributed by atoms with Crippen LogP contribution in [0, 0.1) is 5.21 Å². The Hall–Kier alpha value is -3.23. The molecule has 8 heteroatoms. The van der Waals surface area contributed by atoms with Crippen molar-refractivity contribution < 1.29 is 19.5 Å². The van der Waals surface area contributed by atoms with E-state index in [0.717, 1.165) is 23.1 Å². The van der Waals surface area contributed by atoms with Crippen LogP contribution in [0.4, 0.5) is 5.69 Å². The van der Waals surface area contributed by atoms with E-state index in [1.165, 1.54) is 6.07 Å². The second-order valence-electron chi connectivity index (χ2n) is 6.97. The zero-order valence-corrected chi connectivity index (χ0v) is 16.3. The summed E-state index contributed by atoms with van der Waals surface area (Å²) in [5.41, 5.74) is 3.07. The van der Waals surface area contributed by atoms with Crippen molar-refractivity contribution in [2.45, 2.75) is 19.5 Å². The Morgan fingerprint density at radius 3 is 2.59 bits per heavy atom. The highest BCUT2D eigenvalue weighted by Gasteiger charge is 2.23. The molecule has 1 aliphatic rings. The fourth-order valence-electron chi connectivity index (χ4n) is 3.85. The van der Waals surface area contributed by atoms with E-state index in [1.54, 1.807) is 37.1 Å². The second kappa shape index (κ2) is 7.65. The molecule has 0 saturated heterocycles. The zero-order chi connectivity index (χ0) is 20.5. The van der Waals surface area contributed by atoms with Crippen LogP contribution in [0.5, 0.6) is 11.5 Å². The van der Waals surface area contributed by atoms with Gasteiger partial charge in [0.05, 0.1) is 25.4 Å². The van der Waals surface area contributed by atoms with Crippen LogP contribution in [-0.4, -0.2) is 41.3 Å². The lowest BCUT2D eigenvalue weighted by Gasteiger charge is -2.30. The van der Waals surface area contributed by atoms with E-state index in [-0.39, 0.29) is 23.4 Å². The van der Waals surface area contributed by atoms with Gasteiger partial charge in [0.25, 0.3) is 0 Å². The van der Waals surface area contributed by atoms with Gasteiger partial charge in [-0.3, -0.25) is 10.0 Å². The van der Waals surface area contributed by atoms with Crippen LogP contribution in [-0.2, 0) is 24.3 Å². The second-order valence-corrected chi connectivity index (χ2v) is 6.97. The number of rotatable bonds is 5. The van der Waals surface area contributed by atoms with E-state index < -0.39 is 0 Å². The van der Waals surface area contributed by atoms with Crippen molar-refractivity contribution >= 4 is 22.5 Å². The van der Waals surface area contributed by atoms with Crippen LogP contribution < -0.4 is 14.7 Å². The summed E-state index contributed by atoms with van der Waals surface area (Å²) in [5, 5.41) is 21.0. The molecule has 3 aromatic rings. The third kappa shape index (κ3) is 3.48. The lowest BCUT2D eigenvalue weighted by molar-refractivity contribution is -0.132. The van der Waals surface area contributed by atoms with Gasteiger partial charge in [-0.05, 0) is 47.9 Å². The molecule has 1 aromatic heterocycles. The normalized spacial score (nSPS) is 13.3. The Balaban J connectivity index is 1.55. The average molecular weight is 396 g/mol. The Kier molecular flexibility index (Phi) is 5.04. The number of benzene rings is 2. The smallest absolute Gasteiger partial charge is 0.242 e. The number of anilines is 1. The van der Waals surface area contributed by atoms with Crippen molar-refractivity contribution in [2.75, 3.05) is 26.0 Å². The van der Waals surface area contributed by atoms with Gasteiger partial charge in [-0.25, -0.2) is 0 Å². The molecule has 152 valence electrons. The van der Waals surface area contributed by atoms with E-state index >= 15 is 0 Å². The molecule has 0 atom stereocenters. The molecule has 2 aromatic carbocycles. The first-order valence-electron chi connectivity index (χ1n) is 9.27. The summed E-state index contributed by atoms with van der Waals surface area (Å²) in [6, 6.07) is 10.6.